The standard InChI is InChI=1S/C11H13NS/c1-12(2)7-9-8-13-11-6-4-3-5-10(9)11/h3-6,8H,7H2,1-2H3. The van der Waals surface area contributed by atoms with Crippen LogP contribution in [0.2, 0.25) is 0 Å². The van der Waals surface area contributed by atoms with Crippen molar-refractivity contribution in [1.82, 2.24) is 4.90 Å². The molecule has 1 aromatic carbocycles. The Kier molecular flexibility index (Phi) is 2.34. The zero-order chi connectivity index (χ0) is 9.26. The lowest BCUT2D eigenvalue weighted by molar-refractivity contribution is 0.404. The third-order valence-electron chi connectivity index (χ3n) is 2.05. The van der Waals surface area contributed by atoms with Gasteiger partial charge in [0.05, 0.1) is 0 Å². The van der Waals surface area contributed by atoms with Gasteiger partial charge in [-0.1, -0.05) is 18.2 Å². The van der Waals surface area contributed by atoms with Crippen molar-refractivity contribution in [3.63, 3.8) is 0 Å². The molecule has 2 rings (SSSR count). The highest BCUT2D eigenvalue weighted by Crippen LogP contribution is 2.25. The van der Waals surface area contributed by atoms with Crippen molar-refractivity contribution in [2.45, 2.75) is 6.54 Å². The molecule has 0 aliphatic heterocycles. The molecule has 0 atom stereocenters. The molecule has 2 heteroatoms. The van der Waals surface area contributed by atoms with Crippen LogP contribution in [0.5, 0.6) is 0 Å². The molecular weight excluding hydrogens is 178 g/mol. The van der Waals surface area contributed by atoms with E-state index < -0.39 is 0 Å². The van der Waals surface area contributed by atoms with Crippen molar-refractivity contribution in [2.75, 3.05) is 14.1 Å². The summed E-state index contributed by atoms with van der Waals surface area (Å²) in [5, 5.41) is 3.66. The SMILES string of the molecule is CN(C)Cc1csc2ccccc12. The molecule has 0 N–H and O–H groups in total. The average molecular weight is 191 g/mol. The number of hydrogen-bond acceptors (Lipinski definition) is 2. The Hall–Kier alpha value is -0.860. The minimum atomic E-state index is 1.03. The second kappa shape index (κ2) is 3.48. The van der Waals surface area contributed by atoms with E-state index in [1.54, 1.807) is 0 Å². The predicted octanol–water partition coefficient (Wildman–Crippen LogP) is 2.96. The quantitative estimate of drug-likeness (QED) is 0.705. The molecule has 1 heterocycles. The molecule has 0 aliphatic carbocycles. The van der Waals surface area contributed by atoms with E-state index in [1.165, 1.54) is 15.6 Å². The summed E-state index contributed by atoms with van der Waals surface area (Å²) in [6.07, 6.45) is 0. The van der Waals surface area contributed by atoms with Crippen LogP contribution in [0.3, 0.4) is 0 Å². The van der Waals surface area contributed by atoms with Gasteiger partial charge in [-0.3, -0.25) is 0 Å². The van der Waals surface area contributed by atoms with Gasteiger partial charge in [-0.25, -0.2) is 0 Å². The highest BCUT2D eigenvalue weighted by molar-refractivity contribution is 7.17. The van der Waals surface area contributed by atoms with Gasteiger partial charge in [-0.2, -0.15) is 0 Å². The molecule has 0 saturated carbocycles. The summed E-state index contributed by atoms with van der Waals surface area (Å²) in [6, 6.07) is 8.58. The zero-order valence-electron chi connectivity index (χ0n) is 7.95. The first kappa shape index (κ1) is 8.73. The second-order valence-electron chi connectivity index (χ2n) is 3.49. The highest BCUT2D eigenvalue weighted by atomic mass is 32.1. The summed E-state index contributed by atoms with van der Waals surface area (Å²) >= 11 is 1.83. The first-order chi connectivity index (χ1) is 6.27. The van der Waals surface area contributed by atoms with Crippen LogP contribution in [-0.4, -0.2) is 19.0 Å². The fraction of sp³-hybridized carbons (Fsp3) is 0.273. The summed E-state index contributed by atoms with van der Waals surface area (Å²) in [5.41, 5.74) is 1.44. The van der Waals surface area contributed by atoms with Gasteiger partial charge in [-0.15, -0.1) is 11.3 Å². The molecule has 1 nitrogen and oxygen atoms in total. The van der Waals surface area contributed by atoms with Crippen LogP contribution in [0.25, 0.3) is 10.1 Å². The highest BCUT2D eigenvalue weighted by Gasteiger charge is 2.02. The monoisotopic (exact) mass is 191 g/mol. The van der Waals surface area contributed by atoms with Gasteiger partial charge in [0, 0.05) is 11.2 Å². The van der Waals surface area contributed by atoms with Gasteiger partial charge in [0.2, 0.25) is 0 Å². The lowest BCUT2D eigenvalue weighted by atomic mass is 10.2. The topological polar surface area (TPSA) is 3.24 Å². The molecule has 0 unspecified atom stereocenters. The van der Waals surface area contributed by atoms with E-state index in [0.29, 0.717) is 0 Å². The number of benzene rings is 1. The van der Waals surface area contributed by atoms with Crippen molar-refractivity contribution in [1.29, 1.82) is 0 Å². The van der Waals surface area contributed by atoms with Crippen LogP contribution in [0.4, 0.5) is 0 Å². The molecular formula is C11H13NS. The summed E-state index contributed by atoms with van der Waals surface area (Å²) in [6.45, 7) is 1.03. The Balaban J connectivity index is 2.46. The molecule has 0 aliphatic rings. The van der Waals surface area contributed by atoms with Gasteiger partial charge in [0.1, 0.15) is 0 Å². The molecule has 0 saturated heterocycles. The van der Waals surface area contributed by atoms with Crippen LogP contribution in [0.1, 0.15) is 5.56 Å². The summed E-state index contributed by atoms with van der Waals surface area (Å²) in [5.74, 6) is 0. The second-order valence-corrected chi connectivity index (χ2v) is 4.41. The fourth-order valence-electron chi connectivity index (χ4n) is 1.50. The average Bonchev–Trinajstić information content (AvgIpc) is 2.48. The summed E-state index contributed by atoms with van der Waals surface area (Å²) in [4.78, 5) is 2.20. The lowest BCUT2D eigenvalue weighted by Gasteiger charge is -2.07. The van der Waals surface area contributed by atoms with Crippen LogP contribution in [0, 0.1) is 0 Å². The maximum absolute atomic E-state index is 2.25. The molecule has 2 aromatic rings. The predicted molar refractivity (Wildman–Crippen MR) is 59.2 cm³/mol. The van der Waals surface area contributed by atoms with E-state index in [-0.39, 0.29) is 0 Å². The largest absolute Gasteiger partial charge is 0.305 e. The van der Waals surface area contributed by atoms with E-state index >= 15 is 0 Å². The number of hydrogen-bond donors (Lipinski definition) is 0. The molecule has 0 radical (unpaired) electrons. The zero-order valence-corrected chi connectivity index (χ0v) is 8.77. The van der Waals surface area contributed by atoms with Crippen LogP contribution >= 0.6 is 11.3 Å². The maximum Gasteiger partial charge on any atom is 0.0346 e. The normalized spacial score (nSPS) is 11.3. The van der Waals surface area contributed by atoms with Crippen LogP contribution in [0.15, 0.2) is 29.6 Å². The van der Waals surface area contributed by atoms with E-state index in [4.69, 9.17) is 0 Å². The minimum absolute atomic E-state index is 1.03. The van der Waals surface area contributed by atoms with Gasteiger partial charge < -0.3 is 4.90 Å². The van der Waals surface area contributed by atoms with Gasteiger partial charge >= 0.3 is 0 Å². The minimum Gasteiger partial charge on any atom is -0.305 e. The Morgan fingerprint density at radius 2 is 2.00 bits per heavy atom. The maximum atomic E-state index is 2.25. The molecule has 68 valence electrons. The van der Waals surface area contributed by atoms with Crippen molar-refractivity contribution in [3.8, 4) is 0 Å². The Bertz CT molecular complexity index is 403. The molecule has 0 amide bonds. The first-order valence-corrected chi connectivity index (χ1v) is 5.25. The smallest absolute Gasteiger partial charge is 0.0346 e. The van der Waals surface area contributed by atoms with Gasteiger partial charge in [-0.05, 0) is 36.5 Å². The Morgan fingerprint density at radius 3 is 2.77 bits per heavy atom. The Labute approximate surface area is 82.6 Å². The van der Waals surface area contributed by atoms with Crippen molar-refractivity contribution in [3.05, 3.63) is 35.2 Å². The molecule has 0 bridgehead atoms. The van der Waals surface area contributed by atoms with Gasteiger partial charge in [0.15, 0.2) is 0 Å². The number of nitrogens with zero attached hydrogens (tertiary/aromatic N) is 1. The summed E-state index contributed by atoms with van der Waals surface area (Å²) < 4.78 is 1.39. The third-order valence-corrected chi connectivity index (χ3v) is 3.06. The van der Waals surface area contributed by atoms with Gasteiger partial charge in [0.25, 0.3) is 0 Å². The van der Waals surface area contributed by atoms with Crippen molar-refractivity contribution >= 4 is 21.4 Å². The van der Waals surface area contributed by atoms with E-state index in [9.17, 15) is 0 Å². The van der Waals surface area contributed by atoms with Crippen LogP contribution in [-0.2, 0) is 6.54 Å². The summed E-state index contributed by atoms with van der Waals surface area (Å²) in [7, 11) is 4.21. The lowest BCUT2D eigenvalue weighted by Crippen LogP contribution is -2.09. The van der Waals surface area contributed by atoms with Crippen LogP contribution < -0.4 is 0 Å². The van der Waals surface area contributed by atoms with Crippen molar-refractivity contribution < 1.29 is 0 Å². The molecule has 0 fully saturated rings. The van der Waals surface area contributed by atoms with Crippen molar-refractivity contribution in [2.24, 2.45) is 0 Å². The molecule has 13 heavy (non-hydrogen) atoms. The molecule has 1 aromatic heterocycles. The first-order valence-electron chi connectivity index (χ1n) is 4.37. The van der Waals surface area contributed by atoms with E-state index in [0.717, 1.165) is 6.54 Å². The third kappa shape index (κ3) is 1.74. The Morgan fingerprint density at radius 1 is 1.23 bits per heavy atom. The van der Waals surface area contributed by atoms with E-state index in [1.807, 2.05) is 11.3 Å². The molecule has 0 spiro atoms. The number of thiophene rings is 1. The number of rotatable bonds is 2. The number of fused-ring (bicyclic) bond motifs is 1. The van der Waals surface area contributed by atoms with E-state index in [2.05, 4.69) is 48.6 Å². The fourth-order valence-corrected chi connectivity index (χ4v) is 2.45.